The second-order valence-corrected chi connectivity index (χ2v) is 11.2. The molecule has 1 fully saturated rings. The minimum atomic E-state index is -3.49. The summed E-state index contributed by atoms with van der Waals surface area (Å²) in [6.07, 6.45) is 2.84. The molecule has 1 amide bonds. The Labute approximate surface area is 202 Å². The fourth-order valence-electron chi connectivity index (χ4n) is 4.09. The van der Waals surface area contributed by atoms with E-state index >= 15 is 0 Å². The molecule has 1 N–H and O–H groups in total. The fourth-order valence-corrected chi connectivity index (χ4v) is 6.40. The number of aryl methyl sites for hydroxylation is 1. The highest BCUT2D eigenvalue weighted by molar-refractivity contribution is 8.00. The van der Waals surface area contributed by atoms with Crippen LogP contribution in [-0.4, -0.2) is 49.2 Å². The number of benzene rings is 2. The summed E-state index contributed by atoms with van der Waals surface area (Å²) in [5, 5.41) is 4.55. The van der Waals surface area contributed by atoms with Gasteiger partial charge in [0.25, 0.3) is 0 Å². The summed E-state index contributed by atoms with van der Waals surface area (Å²) in [5.41, 5.74) is 2.30. The van der Waals surface area contributed by atoms with E-state index in [4.69, 9.17) is 14.5 Å². The van der Waals surface area contributed by atoms with Crippen molar-refractivity contribution in [1.82, 2.24) is 9.29 Å². The Morgan fingerprint density at radius 1 is 1.06 bits per heavy atom. The van der Waals surface area contributed by atoms with Crippen molar-refractivity contribution in [2.45, 2.75) is 36.1 Å². The molecule has 0 aliphatic carbocycles. The summed E-state index contributed by atoms with van der Waals surface area (Å²) in [5.74, 6) is 1.37. The summed E-state index contributed by atoms with van der Waals surface area (Å²) in [4.78, 5) is 17.5. The van der Waals surface area contributed by atoms with Gasteiger partial charge in [0.05, 0.1) is 16.2 Å². The average Bonchev–Trinajstić information content (AvgIpc) is 3.29. The Hall–Kier alpha value is -2.82. The van der Waals surface area contributed by atoms with Gasteiger partial charge in [0.15, 0.2) is 11.5 Å². The van der Waals surface area contributed by atoms with Gasteiger partial charge >= 0.3 is 0 Å². The number of piperidine rings is 1. The number of hydrogen-bond donors (Lipinski definition) is 1. The maximum absolute atomic E-state index is 12.8. The SMILES string of the molecule is Cc1cc2cc3c(cc2nc1SCC(=O)Nc1ccc(S(=O)(=O)N2CCCCC2)cc1)OCO3. The van der Waals surface area contributed by atoms with E-state index in [1.54, 1.807) is 24.3 Å². The fraction of sp³-hybridized carbons (Fsp3) is 0.333. The number of nitrogens with zero attached hydrogens (tertiary/aromatic N) is 2. The second kappa shape index (κ2) is 9.44. The predicted octanol–water partition coefficient (Wildman–Crippen LogP) is 4.18. The quantitative estimate of drug-likeness (QED) is 0.508. The van der Waals surface area contributed by atoms with Gasteiger partial charge in [-0.2, -0.15) is 4.31 Å². The van der Waals surface area contributed by atoms with E-state index in [2.05, 4.69) is 5.32 Å². The molecule has 2 aromatic carbocycles. The van der Waals surface area contributed by atoms with Crippen molar-refractivity contribution in [3.8, 4) is 11.5 Å². The third kappa shape index (κ3) is 4.70. The standard InChI is InChI=1S/C24H25N3O5S2/c1-16-11-17-12-21-22(32-15-31-21)13-20(17)26-24(16)33-14-23(28)25-18-5-7-19(8-6-18)34(29,30)27-9-3-2-4-10-27/h5-8,11-13H,2-4,9-10,14-15H2,1H3,(H,25,28). The van der Waals surface area contributed by atoms with Crippen LogP contribution in [0.25, 0.3) is 10.9 Å². The van der Waals surface area contributed by atoms with Crippen LogP contribution in [0.1, 0.15) is 24.8 Å². The van der Waals surface area contributed by atoms with Crippen molar-refractivity contribution in [1.29, 1.82) is 0 Å². The lowest BCUT2D eigenvalue weighted by atomic mass is 10.1. The van der Waals surface area contributed by atoms with Crippen molar-refractivity contribution >= 4 is 44.3 Å². The molecule has 178 valence electrons. The van der Waals surface area contributed by atoms with Gasteiger partial charge in [-0.25, -0.2) is 13.4 Å². The highest BCUT2D eigenvalue weighted by Gasteiger charge is 2.25. The van der Waals surface area contributed by atoms with E-state index in [9.17, 15) is 13.2 Å². The number of anilines is 1. The summed E-state index contributed by atoms with van der Waals surface area (Å²) < 4.78 is 38.0. The molecule has 1 saturated heterocycles. The van der Waals surface area contributed by atoms with Gasteiger partial charge in [0.1, 0.15) is 5.03 Å². The topological polar surface area (TPSA) is 97.8 Å². The summed E-state index contributed by atoms with van der Waals surface area (Å²) in [6.45, 7) is 3.28. The first-order valence-electron chi connectivity index (χ1n) is 11.1. The van der Waals surface area contributed by atoms with Crippen LogP contribution >= 0.6 is 11.8 Å². The second-order valence-electron chi connectivity index (χ2n) is 8.33. The number of aromatic nitrogens is 1. The number of nitrogens with one attached hydrogen (secondary N) is 1. The minimum absolute atomic E-state index is 0.178. The molecule has 0 atom stereocenters. The van der Waals surface area contributed by atoms with Crippen LogP contribution < -0.4 is 14.8 Å². The molecule has 0 spiro atoms. The zero-order chi connectivity index (χ0) is 23.7. The van der Waals surface area contributed by atoms with E-state index in [0.717, 1.165) is 40.8 Å². The number of pyridine rings is 1. The molecular formula is C24H25N3O5S2. The summed E-state index contributed by atoms with van der Waals surface area (Å²) >= 11 is 1.35. The molecule has 10 heteroatoms. The lowest BCUT2D eigenvalue weighted by Gasteiger charge is -2.25. The lowest BCUT2D eigenvalue weighted by molar-refractivity contribution is -0.113. The number of sulfonamides is 1. The molecule has 2 aliphatic rings. The van der Waals surface area contributed by atoms with Gasteiger partial charge in [-0.15, -0.1) is 0 Å². The Morgan fingerprint density at radius 2 is 1.76 bits per heavy atom. The Balaban J connectivity index is 1.22. The van der Waals surface area contributed by atoms with Crippen molar-refractivity contribution in [2.75, 3.05) is 31.0 Å². The van der Waals surface area contributed by atoms with E-state index < -0.39 is 10.0 Å². The van der Waals surface area contributed by atoms with Crippen LogP contribution in [0, 0.1) is 6.92 Å². The number of ether oxygens (including phenoxy) is 2. The van der Waals surface area contributed by atoms with E-state index in [0.29, 0.717) is 30.3 Å². The molecule has 2 aliphatic heterocycles. The smallest absolute Gasteiger partial charge is 0.243 e. The molecule has 3 heterocycles. The average molecular weight is 500 g/mol. The molecule has 0 unspecified atom stereocenters. The Kier molecular flexibility index (Phi) is 6.37. The van der Waals surface area contributed by atoms with Gasteiger partial charge in [0, 0.05) is 30.2 Å². The van der Waals surface area contributed by atoms with Crippen LogP contribution in [0.3, 0.4) is 0 Å². The van der Waals surface area contributed by atoms with E-state index in [1.807, 2.05) is 25.1 Å². The molecule has 34 heavy (non-hydrogen) atoms. The van der Waals surface area contributed by atoms with Gasteiger partial charge < -0.3 is 14.8 Å². The van der Waals surface area contributed by atoms with Crippen LogP contribution in [0.2, 0.25) is 0 Å². The summed E-state index contributed by atoms with van der Waals surface area (Å²) in [7, 11) is -3.49. The molecule has 0 bridgehead atoms. The lowest BCUT2D eigenvalue weighted by Crippen LogP contribution is -2.35. The normalized spacial score (nSPS) is 16.0. The zero-order valence-electron chi connectivity index (χ0n) is 18.7. The van der Waals surface area contributed by atoms with Crippen LogP contribution in [0.5, 0.6) is 11.5 Å². The van der Waals surface area contributed by atoms with Crippen molar-refractivity contribution in [2.24, 2.45) is 0 Å². The molecule has 3 aromatic rings. The first kappa shape index (κ1) is 22.9. The number of carbonyl (C=O) groups excluding carboxylic acids is 1. The minimum Gasteiger partial charge on any atom is -0.454 e. The molecule has 0 saturated carbocycles. The molecular weight excluding hydrogens is 474 g/mol. The Bertz CT molecular complexity index is 1340. The van der Waals surface area contributed by atoms with Crippen molar-refractivity contribution in [3.05, 3.63) is 48.0 Å². The van der Waals surface area contributed by atoms with Crippen LogP contribution in [0.4, 0.5) is 5.69 Å². The summed E-state index contributed by atoms with van der Waals surface area (Å²) in [6, 6.07) is 12.1. The van der Waals surface area contributed by atoms with Crippen LogP contribution in [-0.2, 0) is 14.8 Å². The predicted molar refractivity (Wildman–Crippen MR) is 131 cm³/mol. The molecule has 8 nitrogen and oxygen atoms in total. The number of rotatable bonds is 6. The first-order chi connectivity index (χ1) is 16.4. The van der Waals surface area contributed by atoms with Crippen molar-refractivity contribution < 1.29 is 22.7 Å². The molecule has 0 radical (unpaired) electrons. The zero-order valence-corrected chi connectivity index (χ0v) is 20.4. The first-order valence-corrected chi connectivity index (χ1v) is 13.6. The maximum atomic E-state index is 12.8. The number of fused-ring (bicyclic) bond motifs is 2. The highest BCUT2D eigenvalue weighted by atomic mass is 32.2. The maximum Gasteiger partial charge on any atom is 0.243 e. The number of hydrogen-bond acceptors (Lipinski definition) is 7. The van der Waals surface area contributed by atoms with Crippen LogP contribution in [0.15, 0.2) is 52.4 Å². The monoisotopic (exact) mass is 499 g/mol. The van der Waals surface area contributed by atoms with Gasteiger partial charge in [-0.05, 0) is 61.7 Å². The van der Waals surface area contributed by atoms with Gasteiger partial charge in [-0.1, -0.05) is 18.2 Å². The van der Waals surface area contributed by atoms with E-state index in [1.165, 1.54) is 16.1 Å². The third-order valence-electron chi connectivity index (χ3n) is 5.88. The Morgan fingerprint density at radius 3 is 2.50 bits per heavy atom. The van der Waals surface area contributed by atoms with E-state index in [-0.39, 0.29) is 23.3 Å². The van der Waals surface area contributed by atoms with Gasteiger partial charge in [-0.3, -0.25) is 4.79 Å². The number of thioether (sulfide) groups is 1. The number of amides is 1. The van der Waals surface area contributed by atoms with Crippen molar-refractivity contribution in [3.63, 3.8) is 0 Å². The third-order valence-corrected chi connectivity index (χ3v) is 8.89. The number of carbonyl (C=O) groups is 1. The van der Waals surface area contributed by atoms with Gasteiger partial charge in [0.2, 0.25) is 22.7 Å². The largest absolute Gasteiger partial charge is 0.454 e. The molecule has 1 aromatic heterocycles. The highest BCUT2D eigenvalue weighted by Crippen LogP contribution is 2.37. The molecule has 5 rings (SSSR count).